The van der Waals surface area contributed by atoms with Gasteiger partial charge in [0.25, 0.3) is 0 Å². The van der Waals surface area contributed by atoms with E-state index >= 15 is 0 Å². The molecule has 0 saturated heterocycles. The highest BCUT2D eigenvalue weighted by molar-refractivity contribution is 7.80. The highest BCUT2D eigenvalue weighted by Crippen LogP contribution is 2.36. The maximum Gasteiger partial charge on any atom is 0.338 e. The fraction of sp³-hybridized carbons (Fsp3) is 0.381. The summed E-state index contributed by atoms with van der Waals surface area (Å²) in [4.78, 5) is 12.5. The molecule has 0 fully saturated rings. The van der Waals surface area contributed by atoms with Crippen LogP contribution in [0.5, 0.6) is 0 Å². The number of hydrogen-bond donors (Lipinski definition) is 3. The number of carbonyl (C=O) groups is 1. The number of carbonyl (C=O) groups excluding carboxylic acids is 1. The average Bonchev–Trinajstić information content (AvgIpc) is 2.70. The molecule has 0 aromatic heterocycles. The molecule has 29 heavy (non-hydrogen) atoms. The summed E-state index contributed by atoms with van der Waals surface area (Å²) in [6.07, 6.45) is 3.63. The lowest BCUT2D eigenvalue weighted by atomic mass is 10.1. The molecule has 0 aliphatic heterocycles. The summed E-state index contributed by atoms with van der Waals surface area (Å²) >= 11 is -2.55. The van der Waals surface area contributed by atoms with Crippen LogP contribution < -0.4 is 15.4 Å². The third kappa shape index (κ3) is 7.40. The first-order valence-electron chi connectivity index (χ1n) is 9.82. The van der Waals surface area contributed by atoms with Crippen molar-refractivity contribution < 1.29 is 18.3 Å². The Morgan fingerprint density at radius 2 is 1.76 bits per heavy atom. The van der Waals surface area contributed by atoms with Crippen LogP contribution in [-0.2, 0) is 16.0 Å². The van der Waals surface area contributed by atoms with Gasteiger partial charge in [-0.05, 0) is 37.1 Å². The van der Waals surface area contributed by atoms with Crippen LogP contribution in [0.2, 0.25) is 0 Å². The minimum atomic E-state index is -2.55. The van der Waals surface area contributed by atoms with Crippen LogP contribution in [-0.4, -0.2) is 27.9 Å². The van der Waals surface area contributed by atoms with Gasteiger partial charge < -0.3 is 24.6 Å². The summed E-state index contributed by atoms with van der Waals surface area (Å²) in [6, 6.07) is 12.6. The van der Waals surface area contributed by atoms with E-state index in [9.17, 15) is 13.6 Å². The zero-order valence-electron chi connectivity index (χ0n) is 16.8. The summed E-state index contributed by atoms with van der Waals surface area (Å²) in [5.74, 6) is -0.483. The van der Waals surface area contributed by atoms with Gasteiger partial charge in [-0.15, -0.1) is 0 Å². The normalized spacial score (nSPS) is 11.6. The van der Waals surface area contributed by atoms with E-state index in [-0.39, 0.29) is 11.3 Å². The Morgan fingerprint density at radius 1 is 1.07 bits per heavy atom. The van der Waals surface area contributed by atoms with Crippen molar-refractivity contribution in [1.82, 2.24) is 0 Å². The van der Waals surface area contributed by atoms with Gasteiger partial charge in [-0.25, -0.2) is 4.79 Å². The van der Waals surface area contributed by atoms with Gasteiger partial charge in [0.05, 0.1) is 29.2 Å². The molecule has 0 aliphatic carbocycles. The fourth-order valence-corrected chi connectivity index (χ4v) is 3.00. The minimum absolute atomic E-state index is 0.270. The van der Waals surface area contributed by atoms with Crippen molar-refractivity contribution in [2.24, 2.45) is 0 Å². The molecule has 2 aromatic rings. The monoisotopic (exact) mass is 418 g/mol. The SMILES string of the molecule is CCCCNc1cc(C(=O)OCCCC)cc(NS(=O)[O-])c1Nc1ccccc1. The zero-order chi connectivity index (χ0) is 21.1. The van der Waals surface area contributed by atoms with Gasteiger partial charge in [-0.2, -0.15) is 0 Å². The first-order chi connectivity index (χ1) is 14.0. The van der Waals surface area contributed by atoms with Crippen molar-refractivity contribution in [3.8, 4) is 0 Å². The van der Waals surface area contributed by atoms with Crippen LogP contribution >= 0.6 is 0 Å². The van der Waals surface area contributed by atoms with Gasteiger partial charge >= 0.3 is 5.97 Å². The van der Waals surface area contributed by atoms with Crippen LogP contribution in [0.4, 0.5) is 22.7 Å². The van der Waals surface area contributed by atoms with Gasteiger partial charge in [-0.3, -0.25) is 4.21 Å². The zero-order valence-corrected chi connectivity index (χ0v) is 17.6. The molecule has 1 unspecified atom stereocenters. The van der Waals surface area contributed by atoms with Crippen LogP contribution in [0.25, 0.3) is 0 Å². The van der Waals surface area contributed by atoms with Crippen LogP contribution in [0.3, 0.4) is 0 Å². The molecule has 3 N–H and O–H groups in total. The van der Waals surface area contributed by atoms with Crippen LogP contribution in [0, 0.1) is 0 Å². The van der Waals surface area contributed by atoms with E-state index in [0.29, 0.717) is 24.5 Å². The predicted molar refractivity (Wildman–Crippen MR) is 117 cm³/mol. The van der Waals surface area contributed by atoms with Crippen molar-refractivity contribution in [2.45, 2.75) is 39.5 Å². The lowest BCUT2D eigenvalue weighted by Crippen LogP contribution is -2.13. The Bertz CT molecular complexity index is 815. The van der Waals surface area contributed by atoms with E-state index < -0.39 is 17.2 Å². The molecule has 2 rings (SSSR count). The van der Waals surface area contributed by atoms with E-state index in [1.807, 2.05) is 37.3 Å². The van der Waals surface area contributed by atoms with Crippen LogP contribution in [0.15, 0.2) is 42.5 Å². The number of unbranched alkanes of at least 4 members (excludes halogenated alkanes) is 2. The molecule has 0 spiro atoms. The van der Waals surface area contributed by atoms with Crippen molar-refractivity contribution in [2.75, 3.05) is 28.5 Å². The Hall–Kier alpha value is -2.58. The predicted octanol–water partition coefficient (Wildman–Crippen LogP) is 4.81. The summed E-state index contributed by atoms with van der Waals surface area (Å²) < 4.78 is 30.4. The molecule has 2 aromatic carbocycles. The molecule has 0 saturated carbocycles. The Labute approximate surface area is 174 Å². The summed E-state index contributed by atoms with van der Waals surface area (Å²) in [5, 5.41) is 6.54. The van der Waals surface area contributed by atoms with Crippen LogP contribution in [0.1, 0.15) is 49.9 Å². The topological polar surface area (TPSA) is 103 Å². The molecular weight excluding hydrogens is 390 g/mol. The standard InChI is InChI=1S/C21H29N3O4S/c1-3-5-12-22-18-14-16(21(25)28-13-6-4-2)15-19(24-29(26)27)20(18)23-17-10-8-7-9-11-17/h7-11,14-15,22-24H,3-6,12-13H2,1-2H3,(H,26,27)/p-1. The number of rotatable bonds is 12. The molecule has 0 aliphatic rings. The molecule has 8 heteroatoms. The van der Waals surface area contributed by atoms with Gasteiger partial charge in [0.15, 0.2) is 0 Å². The Morgan fingerprint density at radius 3 is 2.41 bits per heavy atom. The highest BCUT2D eigenvalue weighted by Gasteiger charge is 2.16. The number of ether oxygens (including phenoxy) is 1. The van der Waals surface area contributed by atoms with Crippen molar-refractivity contribution in [1.29, 1.82) is 0 Å². The molecule has 0 amide bonds. The van der Waals surface area contributed by atoms with Gasteiger partial charge in [-0.1, -0.05) is 44.9 Å². The van der Waals surface area contributed by atoms with Crippen molar-refractivity contribution in [3.63, 3.8) is 0 Å². The number of nitrogens with one attached hydrogen (secondary N) is 3. The first kappa shape index (κ1) is 22.7. The molecule has 158 valence electrons. The summed E-state index contributed by atoms with van der Waals surface area (Å²) in [6.45, 7) is 5.11. The molecule has 0 bridgehead atoms. The minimum Gasteiger partial charge on any atom is -0.755 e. The number of hydrogen-bond acceptors (Lipinski definition) is 6. The smallest absolute Gasteiger partial charge is 0.338 e. The highest BCUT2D eigenvalue weighted by atomic mass is 32.2. The quantitative estimate of drug-likeness (QED) is 0.260. The van der Waals surface area contributed by atoms with E-state index in [1.54, 1.807) is 6.07 Å². The molecule has 0 radical (unpaired) electrons. The van der Waals surface area contributed by atoms with Crippen molar-refractivity contribution in [3.05, 3.63) is 48.0 Å². The largest absolute Gasteiger partial charge is 0.755 e. The molecule has 7 nitrogen and oxygen atoms in total. The lowest BCUT2D eigenvalue weighted by Gasteiger charge is -2.21. The van der Waals surface area contributed by atoms with E-state index in [4.69, 9.17) is 4.74 Å². The third-order valence-electron chi connectivity index (χ3n) is 4.19. The fourth-order valence-electron chi connectivity index (χ4n) is 2.66. The second-order valence-corrected chi connectivity index (χ2v) is 7.22. The average molecular weight is 419 g/mol. The van der Waals surface area contributed by atoms with E-state index in [1.165, 1.54) is 6.07 Å². The van der Waals surface area contributed by atoms with Gasteiger partial charge in [0.1, 0.15) is 0 Å². The summed E-state index contributed by atoms with van der Waals surface area (Å²) in [5.41, 5.74) is 2.52. The number of benzene rings is 2. The van der Waals surface area contributed by atoms with E-state index in [0.717, 1.165) is 31.4 Å². The Balaban J connectivity index is 2.42. The summed E-state index contributed by atoms with van der Waals surface area (Å²) in [7, 11) is 0. The second-order valence-electron chi connectivity index (χ2n) is 6.54. The Kier molecular flexibility index (Phi) is 9.46. The number of esters is 1. The number of para-hydroxylation sites is 1. The second kappa shape index (κ2) is 12.1. The lowest BCUT2D eigenvalue weighted by molar-refractivity contribution is 0.0500. The molecule has 1 atom stereocenters. The molecular formula is C21H28N3O4S-. The van der Waals surface area contributed by atoms with Crippen molar-refractivity contribution >= 4 is 40.0 Å². The first-order valence-corrected chi connectivity index (χ1v) is 10.9. The van der Waals surface area contributed by atoms with E-state index in [2.05, 4.69) is 22.3 Å². The van der Waals surface area contributed by atoms with Gasteiger partial charge in [0, 0.05) is 23.5 Å². The maximum absolute atomic E-state index is 12.5. The molecule has 0 heterocycles. The maximum atomic E-state index is 12.5. The number of anilines is 4. The third-order valence-corrected chi connectivity index (χ3v) is 4.57. The van der Waals surface area contributed by atoms with Gasteiger partial charge in [0.2, 0.25) is 0 Å².